The number of nitro benzene ring substituents is 1. The summed E-state index contributed by atoms with van der Waals surface area (Å²) in [5.74, 6) is -0.965. The van der Waals surface area contributed by atoms with Crippen LogP contribution in [0.2, 0.25) is 0 Å². The Kier molecular flexibility index (Phi) is 5.03. The Bertz CT molecular complexity index is 743. The van der Waals surface area contributed by atoms with Gasteiger partial charge in [0.05, 0.1) is 10.6 Å². The van der Waals surface area contributed by atoms with Crippen molar-refractivity contribution < 1.29 is 19.6 Å². The van der Waals surface area contributed by atoms with Gasteiger partial charge in [-0.05, 0) is 6.07 Å². The van der Waals surface area contributed by atoms with Crippen LogP contribution in [0.5, 0.6) is 5.75 Å². The van der Waals surface area contributed by atoms with Gasteiger partial charge in [0.1, 0.15) is 5.75 Å². The predicted molar refractivity (Wildman–Crippen MR) is 83.4 cm³/mol. The molecular weight excluding hydrogens is 300 g/mol. The van der Waals surface area contributed by atoms with Gasteiger partial charge in [0, 0.05) is 30.5 Å². The van der Waals surface area contributed by atoms with Gasteiger partial charge in [0.25, 0.3) is 5.69 Å². The number of nitro groups is 1. The second-order valence-corrected chi connectivity index (χ2v) is 4.80. The quantitative estimate of drug-likeness (QED) is 0.369. The average molecular weight is 314 g/mol. The van der Waals surface area contributed by atoms with Crippen molar-refractivity contribution in [3.05, 3.63) is 64.2 Å². The maximum atomic E-state index is 11.9. The molecule has 23 heavy (non-hydrogen) atoms. The molecule has 0 fully saturated rings. The molecule has 118 valence electrons. The third-order valence-electron chi connectivity index (χ3n) is 3.14. The number of nitrogens with one attached hydrogen (secondary N) is 1. The standard InChI is InChI=1S/C16H14N2O5/c19-14(11-4-2-1-3-5-11)8-9-16(21)17-13-10-12(18(22)23)6-7-15(13)20/h1-7,10,20H,8-9H2,(H,17,21). The SMILES string of the molecule is O=C(CCC(=O)c1ccccc1)Nc1cc([N+](=O)[O-])ccc1O. The first-order valence-corrected chi connectivity index (χ1v) is 6.83. The molecule has 0 atom stereocenters. The van der Waals surface area contributed by atoms with E-state index in [9.17, 15) is 24.8 Å². The number of anilines is 1. The molecule has 0 saturated heterocycles. The lowest BCUT2D eigenvalue weighted by atomic mass is 10.1. The summed E-state index contributed by atoms with van der Waals surface area (Å²) in [6, 6.07) is 11.9. The lowest BCUT2D eigenvalue weighted by Crippen LogP contribution is -2.13. The van der Waals surface area contributed by atoms with Gasteiger partial charge in [-0.3, -0.25) is 19.7 Å². The number of ketones is 1. The van der Waals surface area contributed by atoms with Crippen molar-refractivity contribution in [2.75, 3.05) is 5.32 Å². The van der Waals surface area contributed by atoms with Crippen LogP contribution < -0.4 is 5.32 Å². The number of carbonyl (C=O) groups is 2. The van der Waals surface area contributed by atoms with E-state index < -0.39 is 10.8 Å². The van der Waals surface area contributed by atoms with Crippen molar-refractivity contribution in [3.63, 3.8) is 0 Å². The van der Waals surface area contributed by atoms with Crippen LogP contribution in [0.25, 0.3) is 0 Å². The first-order chi connectivity index (χ1) is 11.0. The van der Waals surface area contributed by atoms with E-state index in [0.29, 0.717) is 5.56 Å². The Hall–Kier alpha value is -3.22. The number of rotatable bonds is 6. The normalized spacial score (nSPS) is 10.1. The van der Waals surface area contributed by atoms with Crippen molar-refractivity contribution >= 4 is 23.1 Å². The van der Waals surface area contributed by atoms with Gasteiger partial charge in [0.15, 0.2) is 5.78 Å². The monoisotopic (exact) mass is 314 g/mol. The number of aromatic hydroxyl groups is 1. The summed E-state index contributed by atoms with van der Waals surface area (Å²) in [6.07, 6.45) is -0.0819. The number of Topliss-reactive ketones (excluding diaryl/α,β-unsaturated/α-hetero) is 1. The Morgan fingerprint density at radius 2 is 1.78 bits per heavy atom. The number of phenolic OH excluding ortho intramolecular Hbond substituents is 1. The summed E-state index contributed by atoms with van der Waals surface area (Å²) in [5.41, 5.74) is 0.202. The van der Waals surface area contributed by atoms with Crippen LogP contribution in [-0.2, 0) is 4.79 Å². The first kappa shape index (κ1) is 16.2. The van der Waals surface area contributed by atoms with Crippen molar-refractivity contribution in [2.24, 2.45) is 0 Å². The molecule has 7 nitrogen and oxygen atoms in total. The summed E-state index contributed by atoms with van der Waals surface area (Å²) in [7, 11) is 0. The molecule has 0 aliphatic heterocycles. The zero-order chi connectivity index (χ0) is 16.8. The summed E-state index contributed by atoms with van der Waals surface area (Å²) >= 11 is 0. The van der Waals surface area contributed by atoms with Crippen molar-refractivity contribution in [1.82, 2.24) is 0 Å². The number of hydrogen-bond donors (Lipinski definition) is 2. The van der Waals surface area contributed by atoms with Gasteiger partial charge >= 0.3 is 0 Å². The highest BCUT2D eigenvalue weighted by atomic mass is 16.6. The molecule has 1 amide bonds. The predicted octanol–water partition coefficient (Wildman–Crippen LogP) is 2.90. The molecule has 2 rings (SSSR count). The Labute approximate surface area is 131 Å². The zero-order valence-electron chi connectivity index (χ0n) is 12.1. The summed E-state index contributed by atoms with van der Waals surface area (Å²) in [6.45, 7) is 0. The van der Waals surface area contributed by atoms with Gasteiger partial charge in [-0.2, -0.15) is 0 Å². The highest BCUT2D eigenvalue weighted by molar-refractivity contribution is 6.00. The number of amides is 1. The number of carbonyl (C=O) groups excluding carboxylic acids is 2. The van der Waals surface area contributed by atoms with Crippen LogP contribution in [0.3, 0.4) is 0 Å². The van der Waals surface area contributed by atoms with Gasteiger partial charge < -0.3 is 10.4 Å². The maximum absolute atomic E-state index is 11.9. The van der Waals surface area contributed by atoms with Crippen LogP contribution in [0.4, 0.5) is 11.4 Å². The number of phenols is 1. The van der Waals surface area contributed by atoms with Gasteiger partial charge in [-0.25, -0.2) is 0 Å². The number of nitrogens with zero attached hydrogens (tertiary/aromatic N) is 1. The van der Waals surface area contributed by atoms with Gasteiger partial charge in [0.2, 0.25) is 5.91 Å². The minimum atomic E-state index is -0.631. The van der Waals surface area contributed by atoms with Crippen LogP contribution in [-0.4, -0.2) is 21.7 Å². The van der Waals surface area contributed by atoms with E-state index in [2.05, 4.69) is 5.32 Å². The fourth-order valence-electron chi connectivity index (χ4n) is 1.95. The molecule has 0 radical (unpaired) electrons. The van der Waals surface area contributed by atoms with Crippen molar-refractivity contribution in [2.45, 2.75) is 12.8 Å². The lowest BCUT2D eigenvalue weighted by Gasteiger charge is -2.07. The Balaban J connectivity index is 1.96. The highest BCUT2D eigenvalue weighted by Gasteiger charge is 2.14. The summed E-state index contributed by atoms with van der Waals surface area (Å²) in [5, 5.41) is 22.7. The molecule has 0 heterocycles. The second kappa shape index (κ2) is 7.17. The topological polar surface area (TPSA) is 110 Å². The first-order valence-electron chi connectivity index (χ1n) is 6.83. The molecule has 2 aromatic carbocycles. The molecule has 0 spiro atoms. The third-order valence-corrected chi connectivity index (χ3v) is 3.14. The Morgan fingerprint density at radius 1 is 1.09 bits per heavy atom. The molecule has 0 aliphatic carbocycles. The minimum Gasteiger partial charge on any atom is -0.506 e. The third kappa shape index (κ3) is 4.37. The van der Waals surface area contributed by atoms with E-state index in [-0.39, 0.29) is 35.7 Å². The minimum absolute atomic E-state index is 0.00549. The Morgan fingerprint density at radius 3 is 2.43 bits per heavy atom. The summed E-state index contributed by atoms with van der Waals surface area (Å²) in [4.78, 5) is 33.8. The zero-order valence-corrected chi connectivity index (χ0v) is 12.1. The molecule has 0 saturated carbocycles. The van der Waals surface area contributed by atoms with Crippen molar-refractivity contribution in [3.8, 4) is 5.75 Å². The van der Waals surface area contributed by atoms with Gasteiger partial charge in [-0.15, -0.1) is 0 Å². The van der Waals surface area contributed by atoms with Gasteiger partial charge in [-0.1, -0.05) is 30.3 Å². The van der Waals surface area contributed by atoms with E-state index in [1.54, 1.807) is 30.3 Å². The fourth-order valence-corrected chi connectivity index (χ4v) is 1.95. The molecular formula is C16H14N2O5. The largest absolute Gasteiger partial charge is 0.506 e. The molecule has 0 aromatic heterocycles. The average Bonchev–Trinajstić information content (AvgIpc) is 2.55. The van der Waals surface area contributed by atoms with Crippen LogP contribution in [0.15, 0.2) is 48.5 Å². The van der Waals surface area contributed by atoms with E-state index in [1.807, 2.05) is 0 Å². The van der Waals surface area contributed by atoms with Crippen LogP contribution in [0.1, 0.15) is 23.2 Å². The lowest BCUT2D eigenvalue weighted by molar-refractivity contribution is -0.384. The highest BCUT2D eigenvalue weighted by Crippen LogP contribution is 2.27. The van der Waals surface area contributed by atoms with Crippen molar-refractivity contribution in [1.29, 1.82) is 0 Å². The number of non-ortho nitro benzene ring substituents is 1. The van der Waals surface area contributed by atoms with Crippen LogP contribution >= 0.6 is 0 Å². The number of hydrogen-bond acceptors (Lipinski definition) is 5. The molecule has 0 unspecified atom stereocenters. The van der Waals surface area contributed by atoms with Crippen LogP contribution in [0, 0.1) is 10.1 Å². The molecule has 2 N–H and O–H groups in total. The maximum Gasteiger partial charge on any atom is 0.271 e. The molecule has 0 bridgehead atoms. The summed E-state index contributed by atoms with van der Waals surface area (Å²) < 4.78 is 0. The second-order valence-electron chi connectivity index (χ2n) is 4.80. The molecule has 2 aromatic rings. The molecule has 0 aliphatic rings. The van der Waals surface area contributed by atoms with E-state index in [1.165, 1.54) is 0 Å². The smallest absolute Gasteiger partial charge is 0.271 e. The number of benzene rings is 2. The fraction of sp³-hybridized carbons (Fsp3) is 0.125. The molecule has 7 heteroatoms. The van der Waals surface area contributed by atoms with E-state index in [0.717, 1.165) is 18.2 Å². The van der Waals surface area contributed by atoms with E-state index >= 15 is 0 Å². The van der Waals surface area contributed by atoms with E-state index in [4.69, 9.17) is 0 Å².